The van der Waals surface area contributed by atoms with E-state index in [-0.39, 0.29) is 11.3 Å². The highest BCUT2D eigenvalue weighted by atomic mass is 16.5. The van der Waals surface area contributed by atoms with Crippen molar-refractivity contribution in [3.8, 4) is 16.9 Å². The second-order valence-corrected chi connectivity index (χ2v) is 9.00. The van der Waals surface area contributed by atoms with Crippen molar-refractivity contribution in [1.82, 2.24) is 4.98 Å². The van der Waals surface area contributed by atoms with Crippen LogP contribution in [0.4, 0.5) is 0 Å². The molecule has 180 valence electrons. The summed E-state index contributed by atoms with van der Waals surface area (Å²) in [5.74, 6) is -1.12. The van der Waals surface area contributed by atoms with E-state index in [1.807, 2.05) is 45.0 Å². The molecule has 0 saturated heterocycles. The lowest BCUT2D eigenvalue weighted by Gasteiger charge is -2.12. The molecule has 1 aromatic heterocycles. The molecule has 0 aliphatic carbocycles. The van der Waals surface area contributed by atoms with Crippen LogP contribution in [0.25, 0.3) is 22.0 Å². The van der Waals surface area contributed by atoms with Crippen LogP contribution in [0, 0.1) is 27.7 Å². The molecule has 4 aromatic rings. The average molecular weight is 472 g/mol. The third-order valence-corrected chi connectivity index (χ3v) is 6.51. The van der Waals surface area contributed by atoms with E-state index in [1.54, 1.807) is 18.2 Å². The number of hydrogen-bond acceptors (Lipinski definition) is 3. The molecule has 0 bridgehead atoms. The van der Waals surface area contributed by atoms with Crippen molar-refractivity contribution in [2.24, 2.45) is 0 Å². The van der Waals surface area contributed by atoms with E-state index in [2.05, 4.69) is 18.0 Å². The molecular weight excluding hydrogens is 442 g/mol. The number of nitrogens with one attached hydrogen (secondary N) is 1. The lowest BCUT2D eigenvalue weighted by molar-refractivity contribution is 0.0682. The van der Waals surface area contributed by atoms with Crippen LogP contribution >= 0.6 is 0 Å². The first kappa shape index (κ1) is 24.1. The minimum Gasteiger partial charge on any atom is -0.493 e. The third kappa shape index (κ3) is 4.78. The van der Waals surface area contributed by atoms with Crippen molar-refractivity contribution >= 4 is 22.8 Å². The quantitative estimate of drug-likeness (QED) is 0.256. The second-order valence-electron chi connectivity index (χ2n) is 9.00. The SMILES string of the molecule is Cc1cc(C)c(C)c(OCCCc2c(C(=O)O)[nH]c3c(-c4ccc(C(=O)O)cc4C)cccc23)c1. The Kier molecular flexibility index (Phi) is 6.65. The number of hydrogen-bond donors (Lipinski definition) is 3. The topological polar surface area (TPSA) is 99.6 Å². The van der Waals surface area contributed by atoms with Crippen molar-refractivity contribution in [2.75, 3.05) is 6.61 Å². The molecule has 0 aliphatic rings. The first-order valence-electron chi connectivity index (χ1n) is 11.6. The van der Waals surface area contributed by atoms with E-state index >= 15 is 0 Å². The smallest absolute Gasteiger partial charge is 0.352 e. The molecule has 35 heavy (non-hydrogen) atoms. The second kappa shape index (κ2) is 9.66. The van der Waals surface area contributed by atoms with Gasteiger partial charge in [0.15, 0.2) is 0 Å². The van der Waals surface area contributed by atoms with Gasteiger partial charge in [0.2, 0.25) is 0 Å². The normalized spacial score (nSPS) is 11.1. The number of benzene rings is 3. The van der Waals surface area contributed by atoms with Crippen LogP contribution in [0.5, 0.6) is 5.75 Å². The highest BCUT2D eigenvalue weighted by Crippen LogP contribution is 2.34. The van der Waals surface area contributed by atoms with E-state index in [9.17, 15) is 19.8 Å². The highest BCUT2D eigenvalue weighted by molar-refractivity contribution is 6.03. The molecule has 0 unspecified atom stereocenters. The first-order chi connectivity index (χ1) is 16.7. The number of fused-ring (bicyclic) bond motifs is 1. The molecule has 6 nitrogen and oxygen atoms in total. The standard InChI is InChI=1S/C29H29NO5/c1-16-13-17(2)19(4)25(14-16)35-12-6-9-24-23-8-5-7-22(26(23)30-27(24)29(33)34)21-11-10-20(28(31)32)15-18(21)3/h5,7-8,10-11,13-15,30H,6,9,12H2,1-4H3,(H,31,32)(H,33,34). The summed E-state index contributed by atoms with van der Waals surface area (Å²) < 4.78 is 6.04. The largest absolute Gasteiger partial charge is 0.493 e. The molecule has 0 atom stereocenters. The molecule has 0 radical (unpaired) electrons. The van der Waals surface area contributed by atoms with Crippen molar-refractivity contribution in [2.45, 2.75) is 40.5 Å². The summed E-state index contributed by atoms with van der Waals surface area (Å²) >= 11 is 0. The summed E-state index contributed by atoms with van der Waals surface area (Å²) in [4.78, 5) is 26.5. The summed E-state index contributed by atoms with van der Waals surface area (Å²) in [7, 11) is 0. The maximum Gasteiger partial charge on any atom is 0.352 e. The Labute approximate surface area is 204 Å². The summed E-state index contributed by atoms with van der Waals surface area (Å²) in [6.45, 7) is 8.48. The average Bonchev–Trinajstić information content (AvgIpc) is 3.18. The zero-order valence-electron chi connectivity index (χ0n) is 20.4. The van der Waals surface area contributed by atoms with Gasteiger partial charge in [0.05, 0.1) is 17.7 Å². The zero-order chi connectivity index (χ0) is 25.3. The lowest BCUT2D eigenvalue weighted by atomic mass is 9.95. The van der Waals surface area contributed by atoms with Crippen molar-refractivity contribution < 1.29 is 24.5 Å². The molecule has 0 amide bonds. The predicted octanol–water partition coefficient (Wildman–Crippen LogP) is 6.48. The number of carbonyl (C=O) groups is 2. The van der Waals surface area contributed by atoms with Crippen LogP contribution in [-0.2, 0) is 6.42 Å². The van der Waals surface area contributed by atoms with Gasteiger partial charge in [-0.3, -0.25) is 0 Å². The van der Waals surface area contributed by atoms with Crippen molar-refractivity contribution in [3.63, 3.8) is 0 Å². The Hall–Kier alpha value is -4.06. The van der Waals surface area contributed by atoms with Crippen LogP contribution in [0.2, 0.25) is 0 Å². The Morgan fingerprint density at radius 1 is 0.886 bits per heavy atom. The van der Waals surface area contributed by atoms with Gasteiger partial charge in [0.1, 0.15) is 11.4 Å². The van der Waals surface area contributed by atoms with Gasteiger partial charge >= 0.3 is 11.9 Å². The van der Waals surface area contributed by atoms with Crippen molar-refractivity contribution in [1.29, 1.82) is 0 Å². The molecule has 3 aromatic carbocycles. The fraction of sp³-hybridized carbons (Fsp3) is 0.241. The number of carboxylic acids is 2. The predicted molar refractivity (Wildman–Crippen MR) is 137 cm³/mol. The van der Waals surface area contributed by atoms with Gasteiger partial charge in [-0.25, -0.2) is 9.59 Å². The van der Waals surface area contributed by atoms with E-state index < -0.39 is 11.9 Å². The van der Waals surface area contributed by atoms with Gasteiger partial charge in [-0.1, -0.05) is 30.3 Å². The summed E-state index contributed by atoms with van der Waals surface area (Å²) in [6.07, 6.45) is 1.21. The molecule has 1 heterocycles. The molecule has 0 fully saturated rings. The molecule has 6 heteroatoms. The maximum atomic E-state index is 12.1. The number of para-hydroxylation sites is 1. The zero-order valence-corrected chi connectivity index (χ0v) is 20.4. The minimum absolute atomic E-state index is 0.176. The summed E-state index contributed by atoms with van der Waals surface area (Å²) in [6, 6.07) is 14.9. The Bertz CT molecular complexity index is 1450. The van der Waals surface area contributed by atoms with Gasteiger partial charge in [-0.05, 0) is 92.1 Å². The van der Waals surface area contributed by atoms with Gasteiger partial charge in [-0.2, -0.15) is 0 Å². The van der Waals surface area contributed by atoms with Crippen LogP contribution in [0.15, 0.2) is 48.5 Å². The monoisotopic (exact) mass is 471 g/mol. The number of H-pyrrole nitrogens is 1. The summed E-state index contributed by atoms with van der Waals surface area (Å²) in [5.41, 5.74) is 7.83. The Morgan fingerprint density at radius 3 is 2.34 bits per heavy atom. The molecular formula is C29H29NO5. The number of aromatic amines is 1. The molecule has 3 N–H and O–H groups in total. The number of aromatic carboxylic acids is 2. The fourth-order valence-corrected chi connectivity index (χ4v) is 4.62. The van der Waals surface area contributed by atoms with Crippen LogP contribution in [-0.4, -0.2) is 33.7 Å². The molecule has 0 aliphatic heterocycles. The van der Waals surface area contributed by atoms with E-state index in [0.717, 1.165) is 50.0 Å². The van der Waals surface area contributed by atoms with Gasteiger partial charge in [0.25, 0.3) is 0 Å². The van der Waals surface area contributed by atoms with E-state index in [0.29, 0.717) is 19.4 Å². The molecule has 4 rings (SSSR count). The van der Waals surface area contributed by atoms with E-state index in [4.69, 9.17) is 4.74 Å². The number of aryl methyl sites for hydroxylation is 4. The Balaban J connectivity index is 1.63. The highest BCUT2D eigenvalue weighted by Gasteiger charge is 2.20. The van der Waals surface area contributed by atoms with Crippen LogP contribution in [0.3, 0.4) is 0 Å². The first-order valence-corrected chi connectivity index (χ1v) is 11.6. The van der Waals surface area contributed by atoms with Crippen LogP contribution < -0.4 is 4.74 Å². The van der Waals surface area contributed by atoms with Crippen LogP contribution in [0.1, 0.15) is 55.1 Å². The number of ether oxygens (including phenoxy) is 1. The third-order valence-electron chi connectivity index (χ3n) is 6.51. The number of aromatic nitrogens is 1. The Morgan fingerprint density at radius 2 is 1.66 bits per heavy atom. The summed E-state index contributed by atoms with van der Waals surface area (Å²) in [5, 5.41) is 20.0. The lowest BCUT2D eigenvalue weighted by Crippen LogP contribution is -2.05. The van der Waals surface area contributed by atoms with Gasteiger partial charge in [-0.15, -0.1) is 0 Å². The fourth-order valence-electron chi connectivity index (χ4n) is 4.62. The van der Waals surface area contributed by atoms with Gasteiger partial charge in [0, 0.05) is 10.9 Å². The van der Waals surface area contributed by atoms with Crippen molar-refractivity contribution in [3.05, 3.63) is 87.6 Å². The molecule has 0 saturated carbocycles. The number of carboxylic acid groups (broad SMARTS) is 2. The maximum absolute atomic E-state index is 12.1. The van der Waals surface area contributed by atoms with Gasteiger partial charge < -0.3 is 19.9 Å². The minimum atomic E-state index is -1.01. The number of rotatable bonds is 8. The van der Waals surface area contributed by atoms with E-state index in [1.165, 1.54) is 5.56 Å². The molecule has 0 spiro atoms.